The van der Waals surface area contributed by atoms with Crippen LogP contribution in [0, 0.1) is 0 Å². The molecule has 0 aliphatic rings. The number of ether oxygens (including phenoxy) is 1. The van der Waals surface area contributed by atoms with Crippen LogP contribution in [0.5, 0.6) is 5.75 Å². The van der Waals surface area contributed by atoms with Crippen molar-refractivity contribution in [2.45, 2.75) is 13.3 Å². The van der Waals surface area contributed by atoms with Gasteiger partial charge in [-0.15, -0.1) is 0 Å². The van der Waals surface area contributed by atoms with Crippen LogP contribution in [0.4, 0.5) is 10.5 Å². The van der Waals surface area contributed by atoms with Crippen LogP contribution < -0.4 is 10.1 Å². The van der Waals surface area contributed by atoms with Crippen molar-refractivity contribution in [3.63, 3.8) is 0 Å². The van der Waals surface area contributed by atoms with Crippen LogP contribution in [0.1, 0.15) is 13.3 Å². The van der Waals surface area contributed by atoms with Crippen molar-refractivity contribution in [2.75, 3.05) is 25.5 Å². The SMILES string of the molecule is CCN(CCC(=O)O)C(=O)Nc1cccc(OC)c1. The molecule has 0 aliphatic heterocycles. The van der Waals surface area contributed by atoms with Crippen LogP contribution in [0.3, 0.4) is 0 Å². The summed E-state index contributed by atoms with van der Waals surface area (Å²) >= 11 is 0. The van der Waals surface area contributed by atoms with E-state index >= 15 is 0 Å². The van der Waals surface area contributed by atoms with Gasteiger partial charge in [-0.2, -0.15) is 0 Å². The second-order valence-corrected chi connectivity index (χ2v) is 3.89. The second-order valence-electron chi connectivity index (χ2n) is 3.89. The third kappa shape index (κ3) is 4.87. The highest BCUT2D eigenvalue weighted by Gasteiger charge is 2.13. The maximum atomic E-state index is 11.9. The van der Waals surface area contributed by atoms with Crippen molar-refractivity contribution in [1.29, 1.82) is 0 Å². The first kappa shape index (κ1) is 14.8. The van der Waals surface area contributed by atoms with E-state index in [2.05, 4.69) is 5.32 Å². The average Bonchev–Trinajstić information content (AvgIpc) is 2.39. The van der Waals surface area contributed by atoms with Crippen molar-refractivity contribution in [2.24, 2.45) is 0 Å². The van der Waals surface area contributed by atoms with E-state index in [-0.39, 0.29) is 19.0 Å². The highest BCUT2D eigenvalue weighted by Crippen LogP contribution is 2.17. The molecule has 0 unspecified atom stereocenters. The van der Waals surface area contributed by atoms with Crippen LogP contribution in [-0.2, 0) is 4.79 Å². The van der Waals surface area contributed by atoms with Crippen molar-refractivity contribution >= 4 is 17.7 Å². The van der Waals surface area contributed by atoms with E-state index < -0.39 is 5.97 Å². The quantitative estimate of drug-likeness (QED) is 0.825. The molecule has 0 radical (unpaired) electrons. The first-order valence-corrected chi connectivity index (χ1v) is 5.98. The van der Waals surface area contributed by atoms with Gasteiger partial charge in [-0.25, -0.2) is 4.79 Å². The number of nitrogens with zero attached hydrogens (tertiary/aromatic N) is 1. The molecule has 0 atom stereocenters. The van der Waals surface area contributed by atoms with Crippen LogP contribution in [0.2, 0.25) is 0 Å². The fraction of sp³-hybridized carbons (Fsp3) is 0.385. The number of carboxylic acid groups (broad SMARTS) is 1. The molecule has 0 heterocycles. The number of hydrogen-bond acceptors (Lipinski definition) is 3. The van der Waals surface area contributed by atoms with Gasteiger partial charge in [0, 0.05) is 24.8 Å². The molecule has 6 nitrogen and oxygen atoms in total. The largest absolute Gasteiger partial charge is 0.497 e. The molecule has 104 valence electrons. The van der Waals surface area contributed by atoms with Gasteiger partial charge >= 0.3 is 12.0 Å². The number of aliphatic carboxylic acids is 1. The van der Waals surface area contributed by atoms with E-state index in [9.17, 15) is 9.59 Å². The topological polar surface area (TPSA) is 78.9 Å². The molecule has 0 fully saturated rings. The summed E-state index contributed by atoms with van der Waals surface area (Å²) in [5.41, 5.74) is 0.609. The maximum Gasteiger partial charge on any atom is 0.321 e. The first-order chi connectivity index (χ1) is 9.06. The lowest BCUT2D eigenvalue weighted by atomic mass is 10.3. The number of methoxy groups -OCH3 is 1. The number of carboxylic acids is 1. The summed E-state index contributed by atoms with van der Waals surface area (Å²) in [6, 6.07) is 6.66. The Hall–Kier alpha value is -2.24. The Morgan fingerprint density at radius 1 is 1.42 bits per heavy atom. The summed E-state index contributed by atoms with van der Waals surface area (Å²) in [4.78, 5) is 23.9. The molecule has 0 saturated carbocycles. The number of hydrogen-bond donors (Lipinski definition) is 2. The molecule has 0 spiro atoms. The lowest BCUT2D eigenvalue weighted by Crippen LogP contribution is -2.36. The zero-order valence-corrected chi connectivity index (χ0v) is 11.0. The molecule has 1 aromatic carbocycles. The normalized spacial score (nSPS) is 9.79. The molecule has 0 saturated heterocycles. The first-order valence-electron chi connectivity index (χ1n) is 5.98. The van der Waals surface area contributed by atoms with Crippen LogP contribution in [0.15, 0.2) is 24.3 Å². The number of anilines is 1. The molecule has 6 heteroatoms. The van der Waals surface area contributed by atoms with E-state index in [0.29, 0.717) is 18.0 Å². The number of amides is 2. The molecule has 0 bridgehead atoms. The van der Waals surface area contributed by atoms with Gasteiger partial charge in [0.05, 0.1) is 13.5 Å². The number of benzene rings is 1. The molecule has 0 aliphatic carbocycles. The predicted molar refractivity (Wildman–Crippen MR) is 71.5 cm³/mol. The predicted octanol–water partition coefficient (Wildman–Crippen LogP) is 2.02. The molecule has 19 heavy (non-hydrogen) atoms. The zero-order valence-electron chi connectivity index (χ0n) is 11.0. The van der Waals surface area contributed by atoms with Gasteiger partial charge < -0.3 is 20.1 Å². The van der Waals surface area contributed by atoms with Crippen molar-refractivity contribution in [1.82, 2.24) is 4.90 Å². The number of rotatable bonds is 6. The molecular formula is C13H18N2O4. The van der Waals surface area contributed by atoms with Crippen LogP contribution >= 0.6 is 0 Å². The third-order valence-electron chi connectivity index (χ3n) is 2.59. The fourth-order valence-corrected chi connectivity index (χ4v) is 1.54. The minimum atomic E-state index is -0.923. The number of carbonyl (C=O) groups excluding carboxylic acids is 1. The van der Waals surface area contributed by atoms with Gasteiger partial charge in [0.15, 0.2) is 0 Å². The molecule has 2 amide bonds. The van der Waals surface area contributed by atoms with E-state index in [0.717, 1.165) is 0 Å². The lowest BCUT2D eigenvalue weighted by molar-refractivity contribution is -0.137. The van der Waals surface area contributed by atoms with E-state index in [1.165, 1.54) is 4.90 Å². The number of nitrogens with one attached hydrogen (secondary N) is 1. The summed E-state index contributed by atoms with van der Waals surface area (Å²) in [7, 11) is 1.55. The number of carbonyl (C=O) groups is 2. The second kappa shape index (κ2) is 7.25. The van der Waals surface area contributed by atoms with Gasteiger partial charge in [-0.1, -0.05) is 6.07 Å². The molecule has 1 rings (SSSR count). The summed E-state index contributed by atoms with van der Waals surface area (Å²) < 4.78 is 5.06. The Balaban J connectivity index is 2.62. The van der Waals surface area contributed by atoms with Crippen LogP contribution in [0.25, 0.3) is 0 Å². The van der Waals surface area contributed by atoms with Crippen molar-refractivity contribution in [3.05, 3.63) is 24.3 Å². The molecule has 0 aromatic heterocycles. The molecule has 1 aromatic rings. The van der Waals surface area contributed by atoms with Gasteiger partial charge in [-0.3, -0.25) is 4.79 Å². The summed E-state index contributed by atoms with van der Waals surface area (Å²) in [6.45, 7) is 2.43. The Kier molecular flexibility index (Phi) is 5.66. The Bertz CT molecular complexity index is 448. The minimum absolute atomic E-state index is 0.0701. The monoisotopic (exact) mass is 266 g/mol. The number of urea groups is 1. The van der Waals surface area contributed by atoms with Gasteiger partial charge in [0.1, 0.15) is 5.75 Å². The third-order valence-corrected chi connectivity index (χ3v) is 2.59. The van der Waals surface area contributed by atoms with Crippen LogP contribution in [-0.4, -0.2) is 42.2 Å². The summed E-state index contributed by atoms with van der Waals surface area (Å²) in [6.07, 6.45) is -0.0701. The van der Waals surface area contributed by atoms with Crippen molar-refractivity contribution < 1.29 is 19.4 Å². The Labute approximate surface area is 112 Å². The van der Waals surface area contributed by atoms with E-state index in [1.54, 1.807) is 38.3 Å². The van der Waals surface area contributed by atoms with E-state index in [4.69, 9.17) is 9.84 Å². The van der Waals surface area contributed by atoms with Gasteiger partial charge in [0.2, 0.25) is 0 Å². The summed E-state index contributed by atoms with van der Waals surface area (Å²) in [5.74, 6) is -0.279. The lowest BCUT2D eigenvalue weighted by Gasteiger charge is -2.20. The Morgan fingerprint density at radius 3 is 2.74 bits per heavy atom. The van der Waals surface area contributed by atoms with Gasteiger partial charge in [-0.05, 0) is 19.1 Å². The van der Waals surface area contributed by atoms with E-state index in [1.807, 2.05) is 0 Å². The zero-order chi connectivity index (χ0) is 14.3. The minimum Gasteiger partial charge on any atom is -0.497 e. The highest BCUT2D eigenvalue weighted by atomic mass is 16.5. The highest BCUT2D eigenvalue weighted by molar-refractivity contribution is 5.89. The van der Waals surface area contributed by atoms with Crippen molar-refractivity contribution in [3.8, 4) is 5.75 Å². The summed E-state index contributed by atoms with van der Waals surface area (Å²) in [5, 5.41) is 11.3. The standard InChI is InChI=1S/C13H18N2O4/c1-3-15(8-7-12(16)17)13(18)14-10-5-4-6-11(9-10)19-2/h4-6,9H,3,7-8H2,1-2H3,(H,14,18)(H,16,17). The smallest absolute Gasteiger partial charge is 0.321 e. The fourth-order valence-electron chi connectivity index (χ4n) is 1.54. The Morgan fingerprint density at radius 2 is 2.16 bits per heavy atom. The molecular weight excluding hydrogens is 248 g/mol. The maximum absolute atomic E-state index is 11.9. The van der Waals surface area contributed by atoms with Gasteiger partial charge in [0.25, 0.3) is 0 Å². The average molecular weight is 266 g/mol. The molecule has 2 N–H and O–H groups in total.